The lowest BCUT2D eigenvalue weighted by molar-refractivity contribution is 0.122. The second-order valence-electron chi connectivity index (χ2n) is 8.61. The number of anilines is 2. The Morgan fingerprint density at radius 2 is 1.80 bits per heavy atom. The van der Waals surface area contributed by atoms with Gasteiger partial charge >= 0.3 is 0 Å². The van der Waals surface area contributed by atoms with Gasteiger partial charge in [0.2, 0.25) is 0 Å². The lowest BCUT2D eigenvalue weighted by Gasteiger charge is -2.28. The van der Waals surface area contributed by atoms with Crippen molar-refractivity contribution in [2.45, 2.75) is 13.0 Å². The fraction of sp³-hybridized carbons (Fsp3) is 0.231. The minimum atomic E-state index is -0.225. The number of nitrogens with one attached hydrogen (secondary N) is 3. The second-order valence-corrected chi connectivity index (χ2v) is 8.61. The summed E-state index contributed by atoms with van der Waals surface area (Å²) in [5.74, 6) is 1.15. The van der Waals surface area contributed by atoms with Crippen LogP contribution in [0.25, 0.3) is 33.3 Å². The van der Waals surface area contributed by atoms with E-state index in [0.29, 0.717) is 22.9 Å². The highest BCUT2D eigenvalue weighted by Crippen LogP contribution is 2.33. The second kappa shape index (κ2) is 8.84. The highest BCUT2D eigenvalue weighted by atomic mass is 16.5. The molecule has 176 valence electrons. The number of pyridine rings is 1. The summed E-state index contributed by atoms with van der Waals surface area (Å²) in [4.78, 5) is 35.6. The Morgan fingerprint density at radius 3 is 2.63 bits per heavy atom. The summed E-state index contributed by atoms with van der Waals surface area (Å²) in [6.07, 6.45) is 3.42. The van der Waals surface area contributed by atoms with Crippen molar-refractivity contribution >= 4 is 33.3 Å². The summed E-state index contributed by atoms with van der Waals surface area (Å²) in [6, 6.07) is 15.4. The van der Waals surface area contributed by atoms with Crippen LogP contribution in [-0.2, 0) is 4.74 Å². The Bertz CT molecular complexity index is 1560. The maximum absolute atomic E-state index is 13.4. The van der Waals surface area contributed by atoms with Crippen LogP contribution in [0.15, 0.2) is 65.7 Å². The molecule has 0 radical (unpaired) electrons. The molecule has 9 nitrogen and oxygen atoms in total. The molecule has 1 aliphatic heterocycles. The Hall–Kier alpha value is -4.24. The molecule has 4 heterocycles. The van der Waals surface area contributed by atoms with Gasteiger partial charge in [-0.25, -0.2) is 15.0 Å². The Morgan fingerprint density at radius 1 is 1.00 bits per heavy atom. The molecule has 3 N–H and O–H groups in total. The number of benzene rings is 2. The van der Waals surface area contributed by atoms with E-state index < -0.39 is 0 Å². The summed E-state index contributed by atoms with van der Waals surface area (Å²) in [5.41, 5.74) is 4.45. The quantitative estimate of drug-likeness (QED) is 0.360. The predicted octanol–water partition coefficient (Wildman–Crippen LogP) is 3.87. The van der Waals surface area contributed by atoms with Crippen molar-refractivity contribution in [3.8, 4) is 11.4 Å². The van der Waals surface area contributed by atoms with Gasteiger partial charge in [-0.2, -0.15) is 0 Å². The number of hydrogen-bond donors (Lipinski definition) is 3. The van der Waals surface area contributed by atoms with Gasteiger partial charge in [-0.05, 0) is 37.3 Å². The number of nitrogens with zero attached hydrogens (tertiary/aromatic N) is 4. The highest BCUT2D eigenvalue weighted by Gasteiger charge is 2.21. The predicted molar refractivity (Wildman–Crippen MR) is 137 cm³/mol. The number of aromatic nitrogens is 5. The first-order chi connectivity index (χ1) is 17.2. The standard InChI is InChI=1S/C26H25N7O2/c1-16(24-27-9-4-10-28-24)29-23-18-5-2-3-6-19(18)32-26(34)22(23)25-30-20-8-7-17(15-21(20)31-25)33-11-13-35-14-12-33/h2-10,15-16H,11-14H2,1H3,(H,30,31)(H2,29,32,34)/t16-/m0/s1. The van der Waals surface area contributed by atoms with E-state index in [1.807, 2.05) is 37.3 Å². The van der Waals surface area contributed by atoms with Gasteiger partial charge in [-0.3, -0.25) is 4.79 Å². The summed E-state index contributed by atoms with van der Waals surface area (Å²) in [5, 5.41) is 4.38. The van der Waals surface area contributed by atoms with E-state index in [2.05, 4.69) is 42.3 Å². The number of ether oxygens (including phenoxy) is 1. The van der Waals surface area contributed by atoms with E-state index in [-0.39, 0.29) is 11.6 Å². The topological polar surface area (TPSA) is 112 Å². The van der Waals surface area contributed by atoms with E-state index in [1.54, 1.807) is 18.5 Å². The normalized spacial score (nSPS) is 14.9. The number of para-hydroxylation sites is 1. The van der Waals surface area contributed by atoms with Crippen LogP contribution in [-0.4, -0.2) is 51.2 Å². The monoisotopic (exact) mass is 467 g/mol. The average Bonchev–Trinajstić information content (AvgIpc) is 3.32. The molecule has 0 aliphatic carbocycles. The fourth-order valence-corrected chi connectivity index (χ4v) is 4.57. The fourth-order valence-electron chi connectivity index (χ4n) is 4.57. The van der Waals surface area contributed by atoms with Gasteiger partial charge in [0.25, 0.3) is 5.56 Å². The van der Waals surface area contributed by atoms with Crippen LogP contribution < -0.4 is 15.8 Å². The number of fused-ring (bicyclic) bond motifs is 2. The van der Waals surface area contributed by atoms with Crippen molar-refractivity contribution in [1.29, 1.82) is 0 Å². The third-order valence-corrected chi connectivity index (χ3v) is 6.33. The minimum Gasteiger partial charge on any atom is -0.378 e. The van der Waals surface area contributed by atoms with Gasteiger partial charge < -0.3 is 24.9 Å². The molecular formula is C26H25N7O2. The molecule has 35 heavy (non-hydrogen) atoms. The van der Waals surface area contributed by atoms with E-state index >= 15 is 0 Å². The van der Waals surface area contributed by atoms with Crippen LogP contribution in [0.2, 0.25) is 0 Å². The van der Waals surface area contributed by atoms with Crippen LogP contribution in [0.5, 0.6) is 0 Å². The van der Waals surface area contributed by atoms with Gasteiger partial charge in [0.15, 0.2) is 0 Å². The summed E-state index contributed by atoms with van der Waals surface area (Å²) in [6.45, 7) is 5.12. The number of imidazole rings is 1. The molecule has 0 spiro atoms. The number of rotatable bonds is 5. The van der Waals surface area contributed by atoms with Gasteiger partial charge in [0.05, 0.1) is 41.5 Å². The first kappa shape index (κ1) is 21.3. The average molecular weight is 468 g/mol. The van der Waals surface area contributed by atoms with E-state index in [0.717, 1.165) is 53.9 Å². The van der Waals surface area contributed by atoms with Crippen LogP contribution in [0.1, 0.15) is 18.8 Å². The lowest BCUT2D eigenvalue weighted by atomic mass is 10.1. The van der Waals surface area contributed by atoms with Crippen molar-refractivity contribution in [2.24, 2.45) is 0 Å². The number of aromatic amines is 2. The van der Waals surface area contributed by atoms with Crippen LogP contribution >= 0.6 is 0 Å². The molecule has 9 heteroatoms. The maximum atomic E-state index is 13.4. The zero-order valence-corrected chi connectivity index (χ0v) is 19.3. The van der Waals surface area contributed by atoms with E-state index in [1.165, 1.54) is 0 Å². The molecule has 5 aromatic rings. The van der Waals surface area contributed by atoms with Crippen molar-refractivity contribution in [3.63, 3.8) is 0 Å². The zero-order chi connectivity index (χ0) is 23.8. The van der Waals surface area contributed by atoms with Crippen molar-refractivity contribution < 1.29 is 4.74 Å². The van der Waals surface area contributed by atoms with E-state index in [4.69, 9.17) is 9.72 Å². The molecule has 3 aromatic heterocycles. The number of morpholine rings is 1. The third kappa shape index (κ3) is 4.00. The Labute approximate surface area is 201 Å². The van der Waals surface area contributed by atoms with E-state index in [9.17, 15) is 4.79 Å². The molecule has 1 fully saturated rings. The number of H-pyrrole nitrogens is 2. The largest absolute Gasteiger partial charge is 0.378 e. The molecule has 0 bridgehead atoms. The molecular weight excluding hydrogens is 442 g/mol. The number of hydrogen-bond acceptors (Lipinski definition) is 7. The summed E-state index contributed by atoms with van der Waals surface area (Å²) < 4.78 is 5.48. The molecule has 0 amide bonds. The summed E-state index contributed by atoms with van der Waals surface area (Å²) in [7, 11) is 0. The van der Waals surface area contributed by atoms with Crippen molar-refractivity contribution in [3.05, 3.63) is 77.1 Å². The smallest absolute Gasteiger partial charge is 0.261 e. The molecule has 1 atom stereocenters. The van der Waals surface area contributed by atoms with Gasteiger partial charge in [0.1, 0.15) is 17.2 Å². The van der Waals surface area contributed by atoms with Crippen molar-refractivity contribution in [2.75, 3.05) is 36.5 Å². The molecule has 0 unspecified atom stereocenters. The molecule has 6 rings (SSSR count). The van der Waals surface area contributed by atoms with Gasteiger partial charge in [-0.1, -0.05) is 18.2 Å². The van der Waals surface area contributed by atoms with Gasteiger partial charge in [-0.15, -0.1) is 0 Å². The lowest BCUT2D eigenvalue weighted by Crippen LogP contribution is -2.36. The van der Waals surface area contributed by atoms with Crippen LogP contribution in [0.3, 0.4) is 0 Å². The maximum Gasteiger partial charge on any atom is 0.261 e. The minimum absolute atomic E-state index is 0.222. The summed E-state index contributed by atoms with van der Waals surface area (Å²) >= 11 is 0. The molecule has 1 saturated heterocycles. The molecule has 0 saturated carbocycles. The van der Waals surface area contributed by atoms with Crippen LogP contribution in [0.4, 0.5) is 11.4 Å². The molecule has 1 aliphatic rings. The first-order valence-corrected chi connectivity index (χ1v) is 11.7. The SMILES string of the molecule is C[C@H](Nc1c(-c2nc3ccc(N4CCOCC4)cc3[nH]2)c(=O)[nH]c2ccccc12)c1ncccn1. The first-order valence-electron chi connectivity index (χ1n) is 11.7. The third-order valence-electron chi connectivity index (χ3n) is 6.33. The molecule has 2 aromatic carbocycles. The zero-order valence-electron chi connectivity index (χ0n) is 19.3. The van der Waals surface area contributed by atoms with Crippen LogP contribution in [0, 0.1) is 0 Å². The Kier molecular flexibility index (Phi) is 5.38. The Balaban J connectivity index is 1.47. The van der Waals surface area contributed by atoms with Gasteiger partial charge in [0, 0.05) is 36.6 Å². The van der Waals surface area contributed by atoms with Crippen molar-refractivity contribution in [1.82, 2.24) is 24.9 Å². The highest BCUT2D eigenvalue weighted by molar-refractivity contribution is 5.99.